The lowest BCUT2D eigenvalue weighted by atomic mass is 10.0. The molecule has 1 heterocycles. The first-order chi connectivity index (χ1) is 13.9. The van der Waals surface area contributed by atoms with Crippen molar-refractivity contribution < 1.29 is 0 Å². The molecule has 1 N–H and O–H groups in total. The molecule has 2 nitrogen and oxygen atoms in total. The quantitative estimate of drug-likeness (QED) is 0.421. The number of hydrogen-bond donors (Lipinski definition) is 1. The van der Waals surface area contributed by atoms with Crippen molar-refractivity contribution in [2.75, 3.05) is 0 Å². The smallest absolute Gasteiger partial charge is 0.106 e. The maximum Gasteiger partial charge on any atom is 0.106 e. The molecule has 0 aliphatic rings. The van der Waals surface area contributed by atoms with Gasteiger partial charge < -0.3 is 4.98 Å². The highest BCUT2D eigenvalue weighted by molar-refractivity contribution is 5.30. The molecule has 0 atom stereocenters. The second-order valence-electron chi connectivity index (χ2n) is 7.27. The minimum absolute atomic E-state index is 0.873. The van der Waals surface area contributed by atoms with Gasteiger partial charge in [-0.15, -0.1) is 0 Å². The van der Waals surface area contributed by atoms with Crippen LogP contribution >= 0.6 is 0 Å². The molecule has 4 rings (SSSR count). The molecule has 0 radical (unpaired) electrons. The van der Waals surface area contributed by atoms with E-state index in [1.54, 1.807) is 0 Å². The summed E-state index contributed by atoms with van der Waals surface area (Å²) in [5, 5.41) is 0. The SMILES string of the molecule is c1ccc(CCCc2nc(Cc3ccccc3)c(Cc3ccccc3)[nH]2)cc1. The van der Waals surface area contributed by atoms with E-state index in [0.29, 0.717) is 0 Å². The van der Waals surface area contributed by atoms with Crippen molar-refractivity contribution in [3.05, 3.63) is 125 Å². The number of H-pyrrole nitrogens is 1. The van der Waals surface area contributed by atoms with Crippen molar-refractivity contribution in [1.29, 1.82) is 0 Å². The summed E-state index contributed by atoms with van der Waals surface area (Å²) in [5.74, 6) is 1.10. The van der Waals surface area contributed by atoms with E-state index in [0.717, 1.165) is 37.9 Å². The van der Waals surface area contributed by atoms with Crippen molar-refractivity contribution in [2.24, 2.45) is 0 Å². The fraction of sp³-hybridized carbons (Fsp3) is 0.192. The van der Waals surface area contributed by atoms with Gasteiger partial charge >= 0.3 is 0 Å². The number of aryl methyl sites for hydroxylation is 2. The molecule has 0 amide bonds. The van der Waals surface area contributed by atoms with Crippen LogP contribution in [0.4, 0.5) is 0 Å². The minimum Gasteiger partial charge on any atom is -0.345 e. The van der Waals surface area contributed by atoms with Gasteiger partial charge in [0.1, 0.15) is 5.82 Å². The molecule has 0 spiro atoms. The summed E-state index contributed by atoms with van der Waals surface area (Å²) in [4.78, 5) is 8.60. The number of nitrogens with zero attached hydrogens (tertiary/aromatic N) is 1. The Morgan fingerprint density at radius 2 is 1.11 bits per heavy atom. The zero-order valence-electron chi connectivity index (χ0n) is 16.1. The van der Waals surface area contributed by atoms with Crippen molar-refractivity contribution in [1.82, 2.24) is 9.97 Å². The summed E-state index contributed by atoms with van der Waals surface area (Å²) in [6.45, 7) is 0. The van der Waals surface area contributed by atoms with Gasteiger partial charge in [0, 0.05) is 25.0 Å². The van der Waals surface area contributed by atoms with Gasteiger partial charge in [-0.2, -0.15) is 0 Å². The van der Waals surface area contributed by atoms with E-state index < -0.39 is 0 Å². The lowest BCUT2D eigenvalue weighted by Gasteiger charge is -2.03. The van der Waals surface area contributed by atoms with Crippen LogP contribution in [0.25, 0.3) is 0 Å². The normalized spacial score (nSPS) is 10.9. The minimum atomic E-state index is 0.873. The van der Waals surface area contributed by atoms with Gasteiger partial charge in [-0.1, -0.05) is 91.0 Å². The van der Waals surface area contributed by atoms with Gasteiger partial charge in [-0.25, -0.2) is 4.98 Å². The number of benzene rings is 3. The predicted molar refractivity (Wildman–Crippen MR) is 116 cm³/mol. The first kappa shape index (κ1) is 18.2. The first-order valence-electron chi connectivity index (χ1n) is 10.1. The highest BCUT2D eigenvalue weighted by Gasteiger charge is 2.12. The molecule has 1 aromatic heterocycles. The van der Waals surface area contributed by atoms with E-state index >= 15 is 0 Å². The number of aromatic nitrogens is 2. The molecular formula is C26H26N2. The summed E-state index contributed by atoms with van der Waals surface area (Å²) < 4.78 is 0. The fourth-order valence-electron chi connectivity index (χ4n) is 3.61. The van der Waals surface area contributed by atoms with Gasteiger partial charge in [-0.05, 0) is 29.5 Å². The van der Waals surface area contributed by atoms with Crippen LogP contribution in [-0.2, 0) is 25.7 Å². The molecule has 28 heavy (non-hydrogen) atoms. The Balaban J connectivity index is 1.49. The highest BCUT2D eigenvalue weighted by atomic mass is 14.9. The Morgan fingerprint density at radius 3 is 1.71 bits per heavy atom. The van der Waals surface area contributed by atoms with Crippen molar-refractivity contribution in [3.8, 4) is 0 Å². The Labute approximate surface area is 167 Å². The summed E-state index contributed by atoms with van der Waals surface area (Å²) in [6, 6.07) is 31.9. The second kappa shape index (κ2) is 9.18. The Morgan fingerprint density at radius 1 is 0.571 bits per heavy atom. The van der Waals surface area contributed by atoms with E-state index in [1.807, 2.05) is 0 Å². The maximum absolute atomic E-state index is 4.98. The summed E-state index contributed by atoms with van der Waals surface area (Å²) in [6.07, 6.45) is 4.94. The standard InChI is InChI=1S/C26H26N2/c1-4-11-21(12-5-1)17-10-18-26-27-24(19-22-13-6-2-7-14-22)25(28-26)20-23-15-8-3-9-16-23/h1-9,11-16H,10,17-20H2,(H,27,28). The van der Waals surface area contributed by atoms with Crippen LogP contribution in [0, 0.1) is 0 Å². The molecule has 140 valence electrons. The maximum atomic E-state index is 4.98. The summed E-state index contributed by atoms with van der Waals surface area (Å²) in [5.41, 5.74) is 6.42. The first-order valence-corrected chi connectivity index (χ1v) is 10.1. The number of hydrogen-bond acceptors (Lipinski definition) is 1. The molecule has 0 fully saturated rings. The third kappa shape index (κ3) is 4.98. The highest BCUT2D eigenvalue weighted by Crippen LogP contribution is 2.18. The van der Waals surface area contributed by atoms with Crippen LogP contribution in [-0.4, -0.2) is 9.97 Å². The average molecular weight is 367 g/mol. The molecule has 0 saturated heterocycles. The molecular weight excluding hydrogens is 340 g/mol. The topological polar surface area (TPSA) is 28.7 Å². The van der Waals surface area contributed by atoms with Gasteiger partial charge in [0.15, 0.2) is 0 Å². The van der Waals surface area contributed by atoms with E-state index in [2.05, 4.69) is 96.0 Å². The third-order valence-electron chi connectivity index (χ3n) is 5.07. The third-order valence-corrected chi connectivity index (χ3v) is 5.07. The van der Waals surface area contributed by atoms with Crippen molar-refractivity contribution in [2.45, 2.75) is 32.1 Å². The monoisotopic (exact) mass is 366 g/mol. The van der Waals surface area contributed by atoms with E-state index in [1.165, 1.54) is 28.1 Å². The zero-order chi connectivity index (χ0) is 19.0. The second-order valence-corrected chi connectivity index (χ2v) is 7.27. The molecule has 2 heteroatoms. The fourth-order valence-corrected chi connectivity index (χ4v) is 3.61. The Hall–Kier alpha value is -3.13. The number of aromatic amines is 1. The van der Waals surface area contributed by atoms with Crippen LogP contribution in [0.5, 0.6) is 0 Å². The van der Waals surface area contributed by atoms with Crippen LogP contribution in [0.3, 0.4) is 0 Å². The van der Waals surface area contributed by atoms with Gasteiger partial charge in [-0.3, -0.25) is 0 Å². The van der Waals surface area contributed by atoms with Gasteiger partial charge in [0.2, 0.25) is 0 Å². The van der Waals surface area contributed by atoms with Gasteiger partial charge in [0.25, 0.3) is 0 Å². The predicted octanol–water partition coefficient (Wildman–Crippen LogP) is 5.77. The van der Waals surface area contributed by atoms with Crippen LogP contribution in [0.1, 0.15) is 40.3 Å². The molecule has 0 aliphatic heterocycles. The Kier molecular flexibility index (Phi) is 5.98. The Bertz CT molecular complexity index is 914. The van der Waals surface area contributed by atoms with Crippen molar-refractivity contribution >= 4 is 0 Å². The van der Waals surface area contributed by atoms with Crippen molar-refractivity contribution in [3.63, 3.8) is 0 Å². The molecule has 0 aliphatic carbocycles. The van der Waals surface area contributed by atoms with Crippen LogP contribution in [0.2, 0.25) is 0 Å². The average Bonchev–Trinajstić information content (AvgIpc) is 3.11. The summed E-state index contributed by atoms with van der Waals surface area (Å²) >= 11 is 0. The molecule has 4 aromatic rings. The number of imidazole rings is 1. The summed E-state index contributed by atoms with van der Waals surface area (Å²) in [7, 11) is 0. The number of nitrogens with one attached hydrogen (secondary N) is 1. The molecule has 0 saturated carbocycles. The molecule has 0 bridgehead atoms. The lowest BCUT2D eigenvalue weighted by Crippen LogP contribution is -1.96. The largest absolute Gasteiger partial charge is 0.345 e. The van der Waals surface area contributed by atoms with Gasteiger partial charge in [0.05, 0.1) is 5.69 Å². The number of rotatable bonds is 8. The van der Waals surface area contributed by atoms with Crippen LogP contribution in [0.15, 0.2) is 91.0 Å². The zero-order valence-corrected chi connectivity index (χ0v) is 16.1. The molecule has 0 unspecified atom stereocenters. The molecule has 3 aromatic carbocycles. The van der Waals surface area contributed by atoms with E-state index in [-0.39, 0.29) is 0 Å². The van der Waals surface area contributed by atoms with E-state index in [4.69, 9.17) is 4.98 Å². The lowest BCUT2D eigenvalue weighted by molar-refractivity contribution is 0.779. The van der Waals surface area contributed by atoms with E-state index in [9.17, 15) is 0 Å². The van der Waals surface area contributed by atoms with Crippen LogP contribution < -0.4 is 0 Å².